The normalized spacial score (nSPS) is 27.9. The van der Waals surface area contributed by atoms with Crippen LogP contribution in [0.5, 0.6) is 0 Å². The number of benzene rings is 1. The first-order valence-corrected chi connectivity index (χ1v) is 6.65. The number of para-hydroxylation sites is 1. The summed E-state index contributed by atoms with van der Waals surface area (Å²) in [5.74, 6) is 0. The van der Waals surface area contributed by atoms with Gasteiger partial charge in [-0.2, -0.15) is 0 Å². The van der Waals surface area contributed by atoms with Crippen LogP contribution in [-0.4, -0.2) is 48.6 Å². The van der Waals surface area contributed by atoms with Gasteiger partial charge in [-0.3, -0.25) is 5.32 Å². The third-order valence-electron chi connectivity index (χ3n) is 4.41. The number of hydrogen-bond donors (Lipinski definition) is 2. The zero-order valence-corrected chi connectivity index (χ0v) is 10.8. The van der Waals surface area contributed by atoms with Gasteiger partial charge in [0, 0.05) is 18.8 Å². The second-order valence-corrected chi connectivity index (χ2v) is 5.44. The van der Waals surface area contributed by atoms with Crippen LogP contribution in [0.3, 0.4) is 0 Å². The molecule has 2 saturated heterocycles. The molecule has 4 heteroatoms. The van der Waals surface area contributed by atoms with Crippen molar-refractivity contribution in [3.8, 4) is 0 Å². The lowest BCUT2D eigenvalue weighted by Crippen LogP contribution is -2.57. The van der Waals surface area contributed by atoms with Crippen LogP contribution in [0.2, 0.25) is 0 Å². The van der Waals surface area contributed by atoms with Crippen LogP contribution in [-0.2, 0) is 0 Å². The Labute approximate surface area is 108 Å². The van der Waals surface area contributed by atoms with Crippen LogP contribution in [0.25, 0.3) is 0 Å². The minimum Gasteiger partial charge on any atom is -0.376 e. The molecule has 1 atom stereocenters. The van der Waals surface area contributed by atoms with E-state index in [0.29, 0.717) is 0 Å². The summed E-state index contributed by atoms with van der Waals surface area (Å²) in [7, 11) is 2.15. The molecule has 2 N–H and O–H groups in total. The molecule has 1 aromatic rings. The number of hydrogen-bond acceptors (Lipinski definition) is 4. The maximum absolute atomic E-state index is 10.4. The molecular weight excluding hydrogens is 226 g/mol. The minimum atomic E-state index is -0.425. The molecule has 0 bridgehead atoms. The number of anilines is 1. The fourth-order valence-corrected chi connectivity index (χ4v) is 3.18. The van der Waals surface area contributed by atoms with Crippen molar-refractivity contribution in [1.82, 2.24) is 10.2 Å². The molecule has 0 aliphatic carbocycles. The average molecular weight is 247 g/mol. The van der Waals surface area contributed by atoms with Crippen molar-refractivity contribution in [3.05, 3.63) is 30.3 Å². The van der Waals surface area contributed by atoms with Gasteiger partial charge in [0.15, 0.2) is 0 Å². The van der Waals surface area contributed by atoms with Gasteiger partial charge < -0.3 is 14.9 Å². The summed E-state index contributed by atoms with van der Waals surface area (Å²) in [6.07, 6.45) is 1.59. The van der Waals surface area contributed by atoms with Gasteiger partial charge in [0.05, 0.1) is 12.2 Å². The Morgan fingerprint density at radius 2 is 1.89 bits per heavy atom. The molecule has 3 rings (SSSR count). The van der Waals surface area contributed by atoms with Gasteiger partial charge in [-0.15, -0.1) is 0 Å². The lowest BCUT2D eigenvalue weighted by molar-refractivity contribution is 0.0497. The lowest BCUT2D eigenvalue weighted by atomic mass is 9.85. The van der Waals surface area contributed by atoms with E-state index in [4.69, 9.17) is 0 Å². The summed E-state index contributed by atoms with van der Waals surface area (Å²) < 4.78 is 0. The van der Waals surface area contributed by atoms with Crippen LogP contribution in [0, 0.1) is 0 Å². The van der Waals surface area contributed by atoms with Gasteiger partial charge in [-0.05, 0) is 32.0 Å². The predicted molar refractivity (Wildman–Crippen MR) is 72.4 cm³/mol. The van der Waals surface area contributed by atoms with E-state index in [0.717, 1.165) is 32.6 Å². The SMILES string of the molecule is CN1CCC2(CC1)C(O)NCN2c1ccccc1. The summed E-state index contributed by atoms with van der Waals surface area (Å²) in [4.78, 5) is 4.67. The fraction of sp³-hybridized carbons (Fsp3) is 0.571. The first kappa shape index (κ1) is 12.0. The standard InChI is InChI=1S/C14H21N3O/c1-16-9-7-14(8-10-16)13(18)15-11-17(14)12-5-3-2-4-6-12/h2-6,13,15,18H,7-11H2,1H3. The summed E-state index contributed by atoms with van der Waals surface area (Å²) in [5.41, 5.74) is 1.07. The minimum absolute atomic E-state index is 0.131. The molecule has 98 valence electrons. The summed E-state index contributed by atoms with van der Waals surface area (Å²) >= 11 is 0. The van der Waals surface area contributed by atoms with Crippen molar-refractivity contribution < 1.29 is 5.11 Å². The van der Waals surface area contributed by atoms with Gasteiger partial charge in [0.25, 0.3) is 0 Å². The zero-order valence-electron chi connectivity index (χ0n) is 10.8. The van der Waals surface area contributed by atoms with E-state index in [-0.39, 0.29) is 5.54 Å². The number of nitrogens with zero attached hydrogens (tertiary/aromatic N) is 2. The van der Waals surface area contributed by atoms with E-state index in [9.17, 15) is 5.11 Å². The molecule has 1 unspecified atom stereocenters. The zero-order chi connectivity index (χ0) is 12.6. The third kappa shape index (κ3) is 1.81. The van der Waals surface area contributed by atoms with E-state index in [2.05, 4.69) is 46.4 Å². The topological polar surface area (TPSA) is 38.7 Å². The Kier molecular flexibility index (Phi) is 3.01. The summed E-state index contributed by atoms with van der Waals surface area (Å²) in [5, 5.41) is 13.6. The van der Waals surface area contributed by atoms with Crippen LogP contribution in [0.1, 0.15) is 12.8 Å². The Hall–Kier alpha value is -1.10. The maximum Gasteiger partial charge on any atom is 0.129 e. The van der Waals surface area contributed by atoms with Crippen LogP contribution in [0.4, 0.5) is 5.69 Å². The highest BCUT2D eigenvalue weighted by atomic mass is 16.3. The molecule has 0 amide bonds. The van der Waals surface area contributed by atoms with Crippen molar-refractivity contribution in [2.45, 2.75) is 24.6 Å². The van der Waals surface area contributed by atoms with Crippen molar-refractivity contribution in [2.24, 2.45) is 0 Å². The Morgan fingerprint density at radius 3 is 2.56 bits per heavy atom. The second kappa shape index (κ2) is 4.53. The quantitative estimate of drug-likeness (QED) is 0.771. The molecule has 1 aromatic carbocycles. The first-order valence-electron chi connectivity index (χ1n) is 6.65. The number of nitrogens with one attached hydrogen (secondary N) is 1. The fourth-order valence-electron chi connectivity index (χ4n) is 3.18. The third-order valence-corrected chi connectivity index (χ3v) is 4.41. The van der Waals surface area contributed by atoms with Crippen LogP contribution in [0.15, 0.2) is 30.3 Å². The molecule has 2 fully saturated rings. The molecule has 2 aliphatic heterocycles. The Bertz CT molecular complexity index is 401. The van der Waals surface area contributed by atoms with E-state index >= 15 is 0 Å². The van der Waals surface area contributed by atoms with E-state index in [1.165, 1.54) is 5.69 Å². The Morgan fingerprint density at radius 1 is 1.22 bits per heavy atom. The van der Waals surface area contributed by atoms with Gasteiger partial charge in [-0.25, -0.2) is 0 Å². The van der Waals surface area contributed by atoms with Crippen molar-refractivity contribution in [3.63, 3.8) is 0 Å². The summed E-state index contributed by atoms with van der Waals surface area (Å²) in [6.45, 7) is 2.82. The second-order valence-electron chi connectivity index (χ2n) is 5.44. The molecule has 18 heavy (non-hydrogen) atoms. The largest absolute Gasteiger partial charge is 0.376 e. The summed E-state index contributed by atoms with van der Waals surface area (Å²) in [6, 6.07) is 10.4. The molecule has 0 aromatic heterocycles. The van der Waals surface area contributed by atoms with E-state index in [1.807, 2.05) is 6.07 Å². The molecule has 2 aliphatic rings. The number of aliphatic hydroxyl groups is 1. The highest BCUT2D eigenvalue weighted by Gasteiger charge is 2.49. The van der Waals surface area contributed by atoms with Crippen molar-refractivity contribution in [1.29, 1.82) is 0 Å². The van der Waals surface area contributed by atoms with Gasteiger partial charge >= 0.3 is 0 Å². The van der Waals surface area contributed by atoms with E-state index < -0.39 is 6.23 Å². The highest BCUT2D eigenvalue weighted by Crippen LogP contribution is 2.37. The van der Waals surface area contributed by atoms with Crippen molar-refractivity contribution in [2.75, 3.05) is 31.7 Å². The number of piperidine rings is 1. The average Bonchev–Trinajstić information content (AvgIpc) is 2.72. The van der Waals surface area contributed by atoms with Gasteiger partial charge in [0.1, 0.15) is 6.23 Å². The number of rotatable bonds is 1. The number of likely N-dealkylation sites (tertiary alicyclic amines) is 1. The maximum atomic E-state index is 10.4. The van der Waals surface area contributed by atoms with Gasteiger partial charge in [-0.1, -0.05) is 18.2 Å². The number of aliphatic hydroxyl groups excluding tert-OH is 1. The molecular formula is C14H21N3O. The monoisotopic (exact) mass is 247 g/mol. The predicted octanol–water partition coefficient (Wildman–Crippen LogP) is 0.836. The molecule has 4 nitrogen and oxygen atoms in total. The smallest absolute Gasteiger partial charge is 0.129 e. The highest BCUT2D eigenvalue weighted by molar-refractivity contribution is 5.51. The molecule has 2 heterocycles. The van der Waals surface area contributed by atoms with Crippen LogP contribution < -0.4 is 10.2 Å². The molecule has 0 radical (unpaired) electrons. The van der Waals surface area contributed by atoms with Crippen molar-refractivity contribution >= 4 is 5.69 Å². The molecule has 1 spiro atoms. The van der Waals surface area contributed by atoms with Crippen LogP contribution >= 0.6 is 0 Å². The van der Waals surface area contributed by atoms with Gasteiger partial charge in [0.2, 0.25) is 0 Å². The Balaban J connectivity index is 1.90. The first-order chi connectivity index (χ1) is 8.72. The lowest BCUT2D eigenvalue weighted by Gasteiger charge is -2.45. The molecule has 0 saturated carbocycles. The van der Waals surface area contributed by atoms with E-state index in [1.54, 1.807) is 0 Å².